The van der Waals surface area contributed by atoms with Crippen molar-refractivity contribution in [2.75, 3.05) is 20.8 Å². The van der Waals surface area contributed by atoms with Gasteiger partial charge in [-0.25, -0.2) is 4.79 Å². The summed E-state index contributed by atoms with van der Waals surface area (Å²) in [5.41, 5.74) is 0.585. The normalized spacial score (nSPS) is 18.1. The van der Waals surface area contributed by atoms with Crippen LogP contribution in [0, 0.1) is 6.92 Å². The van der Waals surface area contributed by atoms with Crippen LogP contribution in [0.25, 0.3) is 0 Å². The van der Waals surface area contributed by atoms with Crippen LogP contribution in [0.4, 0.5) is 0 Å². The molecule has 3 aromatic carbocycles. The number of likely N-dealkylation sites (tertiary alicyclic amines) is 1. The largest absolute Gasteiger partial charge is 0.385 e. The van der Waals surface area contributed by atoms with E-state index in [-0.39, 0.29) is 18.6 Å². The molecule has 1 fully saturated rings. The topological polar surface area (TPSA) is 123 Å². The lowest BCUT2D eigenvalue weighted by Gasteiger charge is -2.41. The lowest BCUT2D eigenvalue weighted by Crippen LogP contribution is -2.59. The Morgan fingerprint density at radius 1 is 0.907 bits per heavy atom. The van der Waals surface area contributed by atoms with Gasteiger partial charge in [0.25, 0.3) is 11.5 Å². The maximum absolute atomic E-state index is 13.9. The first-order valence-corrected chi connectivity index (χ1v) is 14.0. The summed E-state index contributed by atoms with van der Waals surface area (Å²) in [7, 11) is 2.68. The number of H-pyrrole nitrogens is 1. The number of hydrogen-bond acceptors (Lipinski definition) is 7. The average Bonchev–Trinajstić information content (AvgIpc) is 3.33. The second kappa shape index (κ2) is 12.5. The average molecular weight is 586 g/mol. The van der Waals surface area contributed by atoms with E-state index in [1.165, 1.54) is 25.3 Å². The van der Waals surface area contributed by atoms with Gasteiger partial charge in [-0.15, -0.1) is 0 Å². The quantitative estimate of drug-likeness (QED) is 0.217. The predicted octanol–water partition coefficient (Wildman–Crippen LogP) is 2.76. The van der Waals surface area contributed by atoms with E-state index in [0.717, 1.165) is 21.3 Å². The molecular formula is C33H35N3O7. The van der Waals surface area contributed by atoms with Crippen molar-refractivity contribution >= 4 is 5.91 Å². The molecule has 0 spiro atoms. The van der Waals surface area contributed by atoms with E-state index in [9.17, 15) is 19.5 Å². The monoisotopic (exact) mass is 585 g/mol. The minimum absolute atomic E-state index is 0.0184. The number of rotatable bonds is 10. The second-order valence-corrected chi connectivity index (χ2v) is 10.5. The Morgan fingerprint density at radius 3 is 1.86 bits per heavy atom. The van der Waals surface area contributed by atoms with E-state index in [2.05, 4.69) is 4.98 Å². The highest BCUT2D eigenvalue weighted by molar-refractivity contribution is 5.77. The van der Waals surface area contributed by atoms with Gasteiger partial charge in [0, 0.05) is 32.4 Å². The number of aryl methyl sites for hydroxylation is 1. The number of carbonyl (C=O) groups excluding carboxylic acids is 1. The summed E-state index contributed by atoms with van der Waals surface area (Å²) in [5, 5.41) is 11.2. The van der Waals surface area contributed by atoms with E-state index < -0.39 is 47.4 Å². The second-order valence-electron chi connectivity index (χ2n) is 10.5. The molecule has 224 valence electrons. The van der Waals surface area contributed by atoms with Gasteiger partial charge in [-0.05, 0) is 23.6 Å². The van der Waals surface area contributed by atoms with Crippen molar-refractivity contribution in [2.45, 2.75) is 43.5 Å². The third-order valence-electron chi connectivity index (χ3n) is 8.00. The van der Waals surface area contributed by atoms with Crippen LogP contribution in [-0.2, 0) is 31.2 Å². The Bertz CT molecular complexity index is 1550. The Hall–Kier alpha value is -4.35. The van der Waals surface area contributed by atoms with Crippen LogP contribution < -0.4 is 11.2 Å². The van der Waals surface area contributed by atoms with E-state index in [1.807, 2.05) is 91.0 Å². The van der Waals surface area contributed by atoms with Crippen LogP contribution in [0.3, 0.4) is 0 Å². The fraction of sp³-hybridized carbons (Fsp3) is 0.303. The number of nitrogens with one attached hydrogen (secondary N) is 1. The number of amides is 1. The number of benzene rings is 3. The van der Waals surface area contributed by atoms with Crippen LogP contribution in [-0.4, -0.2) is 64.3 Å². The van der Waals surface area contributed by atoms with E-state index >= 15 is 0 Å². The van der Waals surface area contributed by atoms with Gasteiger partial charge < -0.3 is 19.3 Å². The first-order chi connectivity index (χ1) is 20.8. The smallest absolute Gasteiger partial charge is 0.328 e. The highest BCUT2D eigenvalue weighted by Crippen LogP contribution is 2.43. The number of aromatic nitrogens is 2. The molecule has 10 nitrogen and oxygen atoms in total. The van der Waals surface area contributed by atoms with Crippen molar-refractivity contribution in [2.24, 2.45) is 0 Å². The van der Waals surface area contributed by atoms with Crippen LogP contribution >= 0.6 is 0 Å². The number of aromatic amines is 1. The number of aliphatic hydroxyl groups excluding tert-OH is 1. The minimum Gasteiger partial charge on any atom is -0.385 e. The van der Waals surface area contributed by atoms with Gasteiger partial charge >= 0.3 is 5.69 Å². The maximum Gasteiger partial charge on any atom is 0.328 e. The number of methoxy groups -OCH3 is 2. The number of hydrogen-bond donors (Lipinski definition) is 2. The van der Waals surface area contributed by atoms with Crippen molar-refractivity contribution in [3.63, 3.8) is 0 Å². The third-order valence-corrected chi connectivity index (χ3v) is 8.00. The molecule has 1 aliphatic heterocycles. The van der Waals surface area contributed by atoms with Crippen molar-refractivity contribution in [3.05, 3.63) is 140 Å². The van der Waals surface area contributed by atoms with Crippen LogP contribution in [0.15, 0.2) is 107 Å². The van der Waals surface area contributed by atoms with Crippen molar-refractivity contribution < 1.29 is 24.1 Å². The molecule has 0 radical (unpaired) electrons. The molecule has 2 atom stereocenters. The summed E-state index contributed by atoms with van der Waals surface area (Å²) in [6.45, 7) is 1.10. The molecule has 0 saturated carbocycles. The highest BCUT2D eigenvalue weighted by Gasteiger charge is 2.57. The number of ether oxygens (including phenoxy) is 3. The zero-order chi connectivity index (χ0) is 30.6. The molecule has 2 heterocycles. The summed E-state index contributed by atoms with van der Waals surface area (Å²) < 4.78 is 19.4. The van der Waals surface area contributed by atoms with Crippen molar-refractivity contribution in [3.8, 4) is 0 Å². The van der Waals surface area contributed by atoms with Gasteiger partial charge in [0.2, 0.25) is 5.91 Å². The van der Waals surface area contributed by atoms with Crippen LogP contribution in [0.5, 0.6) is 0 Å². The van der Waals surface area contributed by atoms with Gasteiger partial charge in [0.15, 0.2) is 0 Å². The summed E-state index contributed by atoms with van der Waals surface area (Å²) in [4.78, 5) is 41.9. The molecule has 1 aromatic heterocycles. The van der Waals surface area contributed by atoms with E-state index in [1.54, 1.807) is 6.92 Å². The molecule has 43 heavy (non-hydrogen) atoms. The number of carbonyl (C=O) groups is 1. The van der Waals surface area contributed by atoms with Gasteiger partial charge in [0.05, 0.1) is 12.6 Å². The molecule has 1 amide bonds. The third kappa shape index (κ3) is 5.46. The predicted molar refractivity (Wildman–Crippen MR) is 159 cm³/mol. The summed E-state index contributed by atoms with van der Waals surface area (Å²) in [5.74, 6) is -2.38. The standard InChI is InChI=1S/C33H35N3O7/c1-23-20-35(31(40)34-30(23)39)21-29(38)36-27(19-28(37)33(36,41-2)42-3)22-43-32(24-13-7-4-8-14-24,25-15-9-5-10-16-25)26-17-11-6-12-18-26/h4-18,20,27-28,37H,19,21-22H2,1-3H3,(H,34,39,40). The molecule has 1 aliphatic rings. The van der Waals surface area contributed by atoms with E-state index in [4.69, 9.17) is 14.2 Å². The Kier molecular flexibility index (Phi) is 8.74. The molecule has 10 heteroatoms. The molecule has 4 aromatic rings. The van der Waals surface area contributed by atoms with Gasteiger partial charge in [0.1, 0.15) is 18.2 Å². The zero-order valence-corrected chi connectivity index (χ0v) is 24.3. The zero-order valence-electron chi connectivity index (χ0n) is 24.3. The molecule has 1 saturated heterocycles. The van der Waals surface area contributed by atoms with Gasteiger partial charge in [-0.1, -0.05) is 91.0 Å². The molecule has 0 bridgehead atoms. The van der Waals surface area contributed by atoms with Crippen molar-refractivity contribution in [1.82, 2.24) is 14.5 Å². The first-order valence-electron chi connectivity index (χ1n) is 14.0. The highest BCUT2D eigenvalue weighted by atomic mass is 16.7. The van der Waals surface area contributed by atoms with Crippen LogP contribution in [0.2, 0.25) is 0 Å². The van der Waals surface area contributed by atoms with Crippen LogP contribution in [0.1, 0.15) is 28.7 Å². The SMILES string of the molecule is COC1(OC)C(O)CC(COC(c2ccccc2)(c2ccccc2)c2ccccc2)N1C(=O)Cn1cc(C)c(=O)[nH]c1=O. The molecular weight excluding hydrogens is 550 g/mol. The summed E-state index contributed by atoms with van der Waals surface area (Å²) in [6.07, 6.45) is 0.194. The molecule has 5 rings (SSSR count). The fourth-order valence-electron chi connectivity index (χ4n) is 5.95. The Balaban J connectivity index is 1.57. The fourth-order valence-corrected chi connectivity index (χ4v) is 5.95. The van der Waals surface area contributed by atoms with E-state index in [0.29, 0.717) is 0 Å². The summed E-state index contributed by atoms with van der Waals surface area (Å²) >= 11 is 0. The molecule has 2 N–H and O–H groups in total. The number of nitrogens with zero attached hydrogens (tertiary/aromatic N) is 2. The molecule has 0 aliphatic carbocycles. The number of aliphatic hydroxyl groups is 1. The minimum atomic E-state index is -1.82. The summed E-state index contributed by atoms with van der Waals surface area (Å²) in [6, 6.07) is 28.7. The Labute approximate surface area is 249 Å². The lowest BCUT2D eigenvalue weighted by molar-refractivity contribution is -0.310. The lowest BCUT2D eigenvalue weighted by atomic mass is 9.80. The van der Waals surface area contributed by atoms with Crippen molar-refractivity contribution in [1.29, 1.82) is 0 Å². The molecule has 2 unspecified atom stereocenters. The van der Waals surface area contributed by atoms with Gasteiger partial charge in [-0.3, -0.25) is 24.0 Å². The maximum atomic E-state index is 13.9. The first kappa shape index (κ1) is 30.1. The van der Waals surface area contributed by atoms with Gasteiger partial charge in [-0.2, -0.15) is 0 Å². The Morgan fingerprint density at radius 2 is 1.40 bits per heavy atom.